The van der Waals surface area contributed by atoms with Crippen LogP contribution in [-0.2, 0) is 25.3 Å². The number of aryl methyl sites for hydroxylation is 2. The summed E-state index contributed by atoms with van der Waals surface area (Å²) in [5.74, 6) is 0.245. The molecule has 0 N–H and O–H groups in total. The van der Waals surface area contributed by atoms with Crippen LogP contribution in [0, 0.1) is 6.92 Å². The van der Waals surface area contributed by atoms with E-state index in [9.17, 15) is 13.2 Å². The van der Waals surface area contributed by atoms with Gasteiger partial charge in [0.05, 0.1) is 17.6 Å². The Bertz CT molecular complexity index is 740. The van der Waals surface area contributed by atoms with E-state index < -0.39 is 17.4 Å². The normalized spacial score (nSPS) is 22.2. The van der Waals surface area contributed by atoms with E-state index in [1.54, 1.807) is 19.4 Å². The van der Waals surface area contributed by atoms with E-state index in [1.165, 1.54) is 0 Å². The van der Waals surface area contributed by atoms with Gasteiger partial charge in [-0.05, 0) is 39.3 Å². The Labute approximate surface area is 138 Å². The fraction of sp³-hybridized carbons (Fsp3) is 0.562. The lowest BCUT2D eigenvalue weighted by Crippen LogP contribution is -2.40. The van der Waals surface area contributed by atoms with Gasteiger partial charge < -0.3 is 4.57 Å². The molecule has 0 bridgehead atoms. The molecule has 0 spiro atoms. The van der Waals surface area contributed by atoms with Gasteiger partial charge in [-0.25, -0.2) is 15.0 Å². The monoisotopic (exact) mass is 339 g/mol. The number of alkyl halides is 3. The molecule has 2 aromatic heterocycles. The Morgan fingerprint density at radius 3 is 2.67 bits per heavy atom. The van der Waals surface area contributed by atoms with Crippen LogP contribution in [-0.4, -0.2) is 31.0 Å². The topological polar surface area (TPSA) is 46.8 Å². The zero-order chi connectivity index (χ0) is 17.5. The van der Waals surface area contributed by atoms with Gasteiger partial charge in [0.2, 0.25) is 0 Å². The predicted molar refractivity (Wildman–Crippen MR) is 82.0 cm³/mol. The summed E-state index contributed by atoms with van der Waals surface area (Å²) in [6.45, 7) is 4.89. The second-order valence-corrected chi connectivity index (χ2v) is 6.51. The van der Waals surface area contributed by atoms with Gasteiger partial charge in [0, 0.05) is 25.5 Å². The third-order valence-electron chi connectivity index (χ3n) is 4.69. The Morgan fingerprint density at radius 1 is 1.29 bits per heavy atom. The maximum atomic E-state index is 13.1. The van der Waals surface area contributed by atoms with E-state index in [0.717, 1.165) is 31.1 Å². The third-order valence-corrected chi connectivity index (χ3v) is 4.69. The first-order chi connectivity index (χ1) is 11.2. The summed E-state index contributed by atoms with van der Waals surface area (Å²) < 4.78 is 41.2. The summed E-state index contributed by atoms with van der Waals surface area (Å²) in [5, 5.41) is 0. The summed E-state index contributed by atoms with van der Waals surface area (Å²) in [6, 6.07) is 0.993. The van der Waals surface area contributed by atoms with Crippen LogP contribution in [0.3, 0.4) is 0 Å². The van der Waals surface area contributed by atoms with Crippen molar-refractivity contribution >= 4 is 0 Å². The summed E-state index contributed by atoms with van der Waals surface area (Å²) in [4.78, 5) is 14.4. The molecule has 1 aliphatic rings. The Kier molecular flexibility index (Phi) is 4.11. The summed E-state index contributed by atoms with van der Waals surface area (Å²) in [7, 11) is 1.90. The number of aromatic nitrogens is 4. The molecule has 0 saturated carbocycles. The van der Waals surface area contributed by atoms with Crippen LogP contribution >= 0.6 is 0 Å². The fourth-order valence-electron chi connectivity index (χ4n) is 3.21. The van der Waals surface area contributed by atoms with Crippen molar-refractivity contribution in [3.63, 3.8) is 0 Å². The highest BCUT2D eigenvalue weighted by molar-refractivity contribution is 5.19. The van der Waals surface area contributed by atoms with E-state index in [1.807, 2.05) is 18.5 Å². The Hall–Kier alpha value is -1.96. The zero-order valence-corrected chi connectivity index (χ0v) is 13.9. The number of rotatable bonds is 3. The molecule has 1 atom stereocenters. The Morgan fingerprint density at radius 2 is 2.04 bits per heavy atom. The molecule has 0 aromatic carbocycles. The summed E-state index contributed by atoms with van der Waals surface area (Å²) >= 11 is 0. The van der Waals surface area contributed by atoms with Crippen molar-refractivity contribution in [1.82, 2.24) is 24.4 Å². The van der Waals surface area contributed by atoms with E-state index in [-0.39, 0.29) is 5.82 Å². The lowest BCUT2D eigenvalue weighted by Gasteiger charge is -2.34. The maximum absolute atomic E-state index is 13.1. The molecule has 0 amide bonds. The lowest BCUT2D eigenvalue weighted by atomic mass is 9.97. The first-order valence-corrected chi connectivity index (χ1v) is 7.84. The van der Waals surface area contributed by atoms with Gasteiger partial charge in [0.15, 0.2) is 0 Å². The van der Waals surface area contributed by atoms with Crippen molar-refractivity contribution in [3.8, 4) is 0 Å². The van der Waals surface area contributed by atoms with Crippen LogP contribution in [0.25, 0.3) is 0 Å². The molecule has 3 rings (SSSR count). The quantitative estimate of drug-likeness (QED) is 0.862. The molecule has 1 aliphatic heterocycles. The van der Waals surface area contributed by atoms with Crippen LogP contribution in [0.2, 0.25) is 0 Å². The van der Waals surface area contributed by atoms with Crippen molar-refractivity contribution < 1.29 is 13.2 Å². The van der Waals surface area contributed by atoms with Crippen molar-refractivity contribution in [3.05, 3.63) is 41.5 Å². The largest absolute Gasteiger partial charge is 0.433 e. The number of nitrogens with zero attached hydrogens (tertiary/aromatic N) is 5. The average Bonchev–Trinajstić information content (AvgIpc) is 3.06. The van der Waals surface area contributed by atoms with Crippen molar-refractivity contribution in [2.75, 3.05) is 6.54 Å². The molecule has 3 heterocycles. The minimum absolute atomic E-state index is 0.245. The first kappa shape index (κ1) is 16.9. The highest BCUT2D eigenvalue weighted by Gasteiger charge is 2.43. The molecule has 0 aliphatic carbocycles. The third kappa shape index (κ3) is 3.02. The van der Waals surface area contributed by atoms with Gasteiger partial charge in [-0.15, -0.1) is 0 Å². The van der Waals surface area contributed by atoms with E-state index >= 15 is 0 Å². The summed E-state index contributed by atoms with van der Waals surface area (Å²) in [6.07, 6.45) is 0.646. The maximum Gasteiger partial charge on any atom is 0.433 e. The molecule has 0 radical (unpaired) electrons. The Balaban J connectivity index is 1.97. The predicted octanol–water partition coefficient (Wildman–Crippen LogP) is 3.05. The van der Waals surface area contributed by atoms with Gasteiger partial charge in [0.25, 0.3) is 0 Å². The molecule has 8 heteroatoms. The standard InChI is InChI=1S/C16H20F3N5/c1-11-7-13(16(17,18)19)22-14(21-11)15(2)5-4-6-24(15)9-12-8-20-10-23(12)3/h7-8,10H,4-6,9H2,1-3H3/t15-/m0/s1. The van der Waals surface area contributed by atoms with Crippen LogP contribution in [0.5, 0.6) is 0 Å². The van der Waals surface area contributed by atoms with Gasteiger partial charge in [0.1, 0.15) is 11.5 Å². The SMILES string of the molecule is Cc1cc(C(F)(F)F)nc([C@]2(C)CCCN2Cc2cncn2C)n1. The van der Waals surface area contributed by atoms with Crippen LogP contribution in [0.4, 0.5) is 13.2 Å². The van der Waals surface area contributed by atoms with E-state index in [0.29, 0.717) is 12.2 Å². The molecule has 1 fully saturated rings. The minimum atomic E-state index is -4.47. The van der Waals surface area contributed by atoms with Gasteiger partial charge in [-0.1, -0.05) is 0 Å². The average molecular weight is 339 g/mol. The van der Waals surface area contributed by atoms with E-state index in [2.05, 4.69) is 19.9 Å². The zero-order valence-electron chi connectivity index (χ0n) is 13.9. The fourth-order valence-corrected chi connectivity index (χ4v) is 3.21. The molecule has 130 valence electrons. The molecule has 5 nitrogen and oxygen atoms in total. The number of hydrogen-bond donors (Lipinski definition) is 0. The summed E-state index contributed by atoms with van der Waals surface area (Å²) in [5.41, 5.74) is -0.151. The molecular weight excluding hydrogens is 319 g/mol. The highest BCUT2D eigenvalue weighted by Crippen LogP contribution is 2.39. The smallest absolute Gasteiger partial charge is 0.337 e. The van der Waals surface area contributed by atoms with Crippen molar-refractivity contribution in [2.24, 2.45) is 7.05 Å². The highest BCUT2D eigenvalue weighted by atomic mass is 19.4. The number of hydrogen-bond acceptors (Lipinski definition) is 4. The lowest BCUT2D eigenvalue weighted by molar-refractivity contribution is -0.141. The van der Waals surface area contributed by atoms with Crippen LogP contribution < -0.4 is 0 Å². The molecule has 1 saturated heterocycles. The molecule has 24 heavy (non-hydrogen) atoms. The number of halogens is 3. The van der Waals surface area contributed by atoms with Crippen LogP contribution in [0.1, 0.15) is 42.7 Å². The second kappa shape index (κ2) is 5.84. The van der Waals surface area contributed by atoms with Gasteiger partial charge >= 0.3 is 6.18 Å². The minimum Gasteiger partial charge on any atom is -0.337 e. The van der Waals surface area contributed by atoms with E-state index in [4.69, 9.17) is 0 Å². The number of likely N-dealkylation sites (tertiary alicyclic amines) is 1. The van der Waals surface area contributed by atoms with Gasteiger partial charge in [-0.3, -0.25) is 4.90 Å². The van der Waals surface area contributed by atoms with Gasteiger partial charge in [-0.2, -0.15) is 13.2 Å². The van der Waals surface area contributed by atoms with Crippen LogP contribution in [0.15, 0.2) is 18.6 Å². The van der Waals surface area contributed by atoms with Crippen molar-refractivity contribution in [1.29, 1.82) is 0 Å². The second-order valence-electron chi connectivity index (χ2n) is 6.51. The number of imidazole rings is 1. The first-order valence-electron chi connectivity index (χ1n) is 7.84. The molecule has 2 aromatic rings. The molecule has 0 unspecified atom stereocenters. The molecular formula is C16H20F3N5. The van der Waals surface area contributed by atoms with Crippen molar-refractivity contribution in [2.45, 2.75) is 44.9 Å².